The molecular weight excluding hydrogens is 184 g/mol. The molecule has 84 valence electrons. The van der Waals surface area contributed by atoms with E-state index in [1.165, 1.54) is 5.70 Å². The van der Waals surface area contributed by atoms with Crippen molar-refractivity contribution in [3.63, 3.8) is 0 Å². The number of nitrogens with zero attached hydrogens (tertiary/aromatic N) is 2. The van der Waals surface area contributed by atoms with Crippen molar-refractivity contribution >= 4 is 0 Å². The van der Waals surface area contributed by atoms with Crippen LogP contribution in [-0.2, 0) is 0 Å². The summed E-state index contributed by atoms with van der Waals surface area (Å²) in [5.74, 6) is 0. The van der Waals surface area contributed by atoms with E-state index in [-0.39, 0.29) is 0 Å². The molecule has 2 nitrogen and oxygen atoms in total. The number of hydrogen-bond donors (Lipinski definition) is 0. The van der Waals surface area contributed by atoms with Crippen molar-refractivity contribution in [3.8, 4) is 0 Å². The van der Waals surface area contributed by atoms with Crippen molar-refractivity contribution in [2.75, 3.05) is 33.2 Å². The second kappa shape index (κ2) is 5.76. The summed E-state index contributed by atoms with van der Waals surface area (Å²) in [6.07, 6.45) is 6.22. The second-order valence-corrected chi connectivity index (χ2v) is 4.15. The molecule has 15 heavy (non-hydrogen) atoms. The van der Waals surface area contributed by atoms with Crippen molar-refractivity contribution < 1.29 is 0 Å². The summed E-state index contributed by atoms with van der Waals surface area (Å²) in [7, 11) is 2.18. The highest BCUT2D eigenvalue weighted by Gasteiger charge is 2.13. The molecule has 1 saturated heterocycles. The lowest BCUT2D eigenvalue weighted by Gasteiger charge is -2.34. The topological polar surface area (TPSA) is 6.48 Å². The van der Waals surface area contributed by atoms with Crippen LogP contribution in [-0.4, -0.2) is 43.0 Å². The monoisotopic (exact) mass is 206 g/mol. The van der Waals surface area contributed by atoms with Crippen LogP contribution in [0, 0.1) is 0 Å². The van der Waals surface area contributed by atoms with Gasteiger partial charge in [-0.2, -0.15) is 0 Å². The molecule has 1 heterocycles. The van der Waals surface area contributed by atoms with Gasteiger partial charge >= 0.3 is 0 Å². The van der Waals surface area contributed by atoms with E-state index in [0.717, 1.165) is 31.8 Å². The first-order valence-corrected chi connectivity index (χ1v) is 5.57. The molecule has 1 aliphatic rings. The van der Waals surface area contributed by atoms with Gasteiger partial charge in [0, 0.05) is 31.9 Å². The fraction of sp³-hybridized carbons (Fsp3) is 0.538. The Labute approximate surface area is 93.6 Å². The minimum Gasteiger partial charge on any atom is -0.372 e. The number of allylic oxidation sites excluding steroid dienone is 5. The van der Waals surface area contributed by atoms with Crippen LogP contribution in [0.15, 0.2) is 36.1 Å². The number of hydrogen-bond acceptors (Lipinski definition) is 2. The van der Waals surface area contributed by atoms with Crippen LogP contribution in [0.5, 0.6) is 0 Å². The van der Waals surface area contributed by atoms with Gasteiger partial charge in [-0.3, -0.25) is 0 Å². The standard InChI is InChI=1S/C13H22N2/c1-5-6-12(2)11-13(3)15-9-7-14(4)8-10-15/h5-6,11H,2,7-10H2,1,3-4H3/b6-5-,13-11+. The smallest absolute Gasteiger partial charge is 0.0303 e. The quantitative estimate of drug-likeness (QED) is 0.654. The maximum atomic E-state index is 3.99. The van der Waals surface area contributed by atoms with Gasteiger partial charge in [-0.25, -0.2) is 0 Å². The Hall–Kier alpha value is -1.02. The van der Waals surface area contributed by atoms with Crippen molar-refractivity contribution in [1.29, 1.82) is 0 Å². The normalized spacial score (nSPS) is 19.9. The van der Waals surface area contributed by atoms with Gasteiger partial charge in [-0.1, -0.05) is 18.7 Å². The van der Waals surface area contributed by atoms with Gasteiger partial charge in [0.1, 0.15) is 0 Å². The van der Waals surface area contributed by atoms with E-state index in [0.29, 0.717) is 0 Å². The zero-order valence-electron chi connectivity index (χ0n) is 10.2. The first-order valence-electron chi connectivity index (χ1n) is 5.57. The van der Waals surface area contributed by atoms with Gasteiger partial charge in [0.05, 0.1) is 0 Å². The van der Waals surface area contributed by atoms with E-state index in [4.69, 9.17) is 0 Å². The van der Waals surface area contributed by atoms with E-state index in [2.05, 4.69) is 36.4 Å². The van der Waals surface area contributed by atoms with Crippen LogP contribution in [0.25, 0.3) is 0 Å². The minimum atomic E-state index is 1.08. The van der Waals surface area contributed by atoms with Crippen LogP contribution < -0.4 is 0 Å². The average molecular weight is 206 g/mol. The highest BCUT2D eigenvalue weighted by molar-refractivity contribution is 5.29. The maximum absolute atomic E-state index is 3.99. The summed E-state index contributed by atoms with van der Waals surface area (Å²) in [5.41, 5.74) is 2.40. The molecule has 0 bridgehead atoms. The van der Waals surface area contributed by atoms with E-state index in [1.807, 2.05) is 19.1 Å². The summed E-state index contributed by atoms with van der Waals surface area (Å²) >= 11 is 0. The van der Waals surface area contributed by atoms with E-state index in [9.17, 15) is 0 Å². The van der Waals surface area contributed by atoms with Crippen molar-refractivity contribution in [1.82, 2.24) is 9.80 Å². The first kappa shape index (κ1) is 12.1. The molecule has 0 saturated carbocycles. The zero-order chi connectivity index (χ0) is 11.3. The van der Waals surface area contributed by atoms with E-state index in [1.54, 1.807) is 0 Å². The third kappa shape index (κ3) is 3.92. The number of piperazine rings is 1. The van der Waals surface area contributed by atoms with Gasteiger partial charge in [0.15, 0.2) is 0 Å². The van der Waals surface area contributed by atoms with Crippen molar-refractivity contribution in [2.24, 2.45) is 0 Å². The van der Waals surface area contributed by atoms with Crippen molar-refractivity contribution in [2.45, 2.75) is 13.8 Å². The van der Waals surface area contributed by atoms with E-state index >= 15 is 0 Å². The van der Waals surface area contributed by atoms with Crippen LogP contribution in [0.1, 0.15) is 13.8 Å². The molecule has 0 radical (unpaired) electrons. The van der Waals surface area contributed by atoms with Crippen LogP contribution in [0.3, 0.4) is 0 Å². The summed E-state index contributed by atoms with van der Waals surface area (Å²) in [4.78, 5) is 4.79. The molecule has 0 amide bonds. The van der Waals surface area contributed by atoms with Gasteiger partial charge in [-0.05, 0) is 32.5 Å². The maximum Gasteiger partial charge on any atom is 0.0303 e. The molecule has 0 aromatic rings. The molecule has 2 heteroatoms. The highest BCUT2D eigenvalue weighted by atomic mass is 15.2. The summed E-state index contributed by atoms with van der Waals surface area (Å²) in [6, 6.07) is 0. The van der Waals surface area contributed by atoms with Gasteiger partial charge < -0.3 is 9.80 Å². The molecule has 0 aliphatic carbocycles. The predicted octanol–water partition coefficient (Wildman–Crippen LogP) is 2.27. The molecule has 0 aromatic heterocycles. The molecular formula is C13H22N2. The molecule has 0 spiro atoms. The summed E-state index contributed by atoms with van der Waals surface area (Å²) < 4.78 is 0. The third-order valence-electron chi connectivity index (χ3n) is 2.78. The Morgan fingerprint density at radius 1 is 1.20 bits per heavy atom. The summed E-state index contributed by atoms with van der Waals surface area (Å²) in [5, 5.41) is 0. The van der Waals surface area contributed by atoms with Gasteiger partial charge in [0.25, 0.3) is 0 Å². The predicted molar refractivity (Wildman–Crippen MR) is 66.8 cm³/mol. The highest BCUT2D eigenvalue weighted by Crippen LogP contribution is 2.10. The molecule has 0 unspecified atom stereocenters. The molecule has 0 N–H and O–H groups in total. The Morgan fingerprint density at radius 3 is 2.33 bits per heavy atom. The molecule has 0 atom stereocenters. The largest absolute Gasteiger partial charge is 0.372 e. The first-order chi connectivity index (χ1) is 7.13. The van der Waals surface area contributed by atoms with E-state index < -0.39 is 0 Å². The zero-order valence-corrected chi connectivity index (χ0v) is 10.2. The number of likely N-dealkylation sites (N-methyl/N-ethyl adjacent to an activating group) is 1. The molecule has 0 aromatic carbocycles. The Morgan fingerprint density at radius 2 is 1.80 bits per heavy atom. The average Bonchev–Trinajstić information content (AvgIpc) is 2.18. The van der Waals surface area contributed by atoms with Crippen LogP contribution >= 0.6 is 0 Å². The Kier molecular flexibility index (Phi) is 4.63. The fourth-order valence-electron chi connectivity index (χ4n) is 1.78. The second-order valence-electron chi connectivity index (χ2n) is 4.15. The lowest BCUT2D eigenvalue weighted by atomic mass is 10.2. The minimum absolute atomic E-state index is 1.08. The lowest BCUT2D eigenvalue weighted by molar-refractivity contribution is 0.186. The van der Waals surface area contributed by atoms with Crippen LogP contribution in [0.2, 0.25) is 0 Å². The van der Waals surface area contributed by atoms with Crippen molar-refractivity contribution in [3.05, 3.63) is 36.1 Å². The summed E-state index contributed by atoms with van der Waals surface area (Å²) in [6.45, 7) is 12.7. The molecule has 1 fully saturated rings. The fourth-order valence-corrected chi connectivity index (χ4v) is 1.78. The molecule has 1 aliphatic heterocycles. The third-order valence-corrected chi connectivity index (χ3v) is 2.78. The van der Waals surface area contributed by atoms with Gasteiger partial charge in [0.2, 0.25) is 0 Å². The SMILES string of the molecule is C=C(/C=C\C)/C=C(\C)N1CCN(C)CC1. The Bertz CT molecular complexity index is 268. The van der Waals surface area contributed by atoms with Gasteiger partial charge in [-0.15, -0.1) is 0 Å². The molecule has 1 rings (SSSR count). The lowest BCUT2D eigenvalue weighted by Crippen LogP contribution is -2.43. The Balaban J connectivity index is 2.52. The van der Waals surface area contributed by atoms with Crippen LogP contribution in [0.4, 0.5) is 0 Å². The number of rotatable bonds is 3.